The monoisotopic (exact) mass is 949 g/mol. The Morgan fingerprint density at radius 2 is 1.47 bits per heavy atom. The predicted octanol–water partition coefficient (Wildman–Crippen LogP) is 11.6. The second-order valence-corrected chi connectivity index (χ2v) is 22.9. The van der Waals surface area contributed by atoms with Gasteiger partial charge in [-0.15, -0.1) is 10.2 Å². The second kappa shape index (κ2) is 13.7. The van der Waals surface area contributed by atoms with Crippen molar-refractivity contribution < 1.29 is 23.0 Å². The molecule has 8 nitrogen and oxygen atoms in total. The van der Waals surface area contributed by atoms with Gasteiger partial charge in [-0.3, -0.25) is 9.30 Å². The summed E-state index contributed by atoms with van der Waals surface area (Å²) in [5.74, 6) is 6.62. The fourth-order valence-electron chi connectivity index (χ4n) is 15.3. The lowest BCUT2D eigenvalue weighted by Gasteiger charge is -2.55. The fraction of sp³-hybridized carbons (Fsp3) is 0.529. The SMILES string of the molecule is CCC(F)(F)c1ccc(OCc2cc(C3=CN4C(C56CC7CC8CC(C5)C8(C7)C6)=NI=C4C(COc4ccc(OC)cc4)=C3)cn3c(C45CC6CC(CC(C6)C4)C5)nnc23)cc1. The van der Waals surface area contributed by atoms with Crippen molar-refractivity contribution in [2.24, 2.45) is 49.5 Å². The summed E-state index contributed by atoms with van der Waals surface area (Å²) in [5, 5.41) is 10.0. The van der Waals surface area contributed by atoms with Crippen LogP contribution in [0.5, 0.6) is 17.2 Å². The van der Waals surface area contributed by atoms with Crippen molar-refractivity contribution in [1.82, 2.24) is 19.5 Å². The molecule has 8 saturated carbocycles. The van der Waals surface area contributed by atoms with Gasteiger partial charge in [0.05, 0.1) is 28.1 Å². The number of aromatic nitrogens is 3. The highest BCUT2D eigenvalue weighted by Gasteiger charge is 2.72. The first kappa shape index (κ1) is 38.3. The van der Waals surface area contributed by atoms with Crippen LogP contribution in [0.25, 0.3) is 11.2 Å². The summed E-state index contributed by atoms with van der Waals surface area (Å²) >= 11 is -0.606. The van der Waals surface area contributed by atoms with E-state index in [1.54, 1.807) is 19.2 Å². The quantitative estimate of drug-likeness (QED) is 0.132. The maximum absolute atomic E-state index is 14.5. The van der Waals surface area contributed by atoms with Crippen molar-refractivity contribution in [2.75, 3.05) is 13.7 Å². The number of rotatable bonds is 12. The number of pyridine rings is 1. The van der Waals surface area contributed by atoms with Gasteiger partial charge in [0.1, 0.15) is 45.8 Å². The summed E-state index contributed by atoms with van der Waals surface area (Å²) < 4.78 is 56.8. The Morgan fingerprint density at radius 1 is 0.774 bits per heavy atom. The zero-order valence-electron chi connectivity index (χ0n) is 35.6. The number of methoxy groups -OCH3 is 1. The van der Waals surface area contributed by atoms with E-state index in [4.69, 9.17) is 27.6 Å². The molecule has 62 heavy (non-hydrogen) atoms. The van der Waals surface area contributed by atoms with Crippen LogP contribution >= 0.6 is 21.0 Å². The van der Waals surface area contributed by atoms with Crippen LogP contribution in [0.2, 0.25) is 0 Å². The highest BCUT2D eigenvalue weighted by Crippen LogP contribution is 2.79. The minimum absolute atomic E-state index is 0.00534. The first-order valence-corrected chi connectivity index (χ1v) is 25.2. The number of hydrogen-bond donors (Lipinski definition) is 0. The lowest BCUT2D eigenvalue weighted by Crippen LogP contribution is -2.49. The standard InChI is InChI=1S/C51H54F2IN5O3/c1-3-51(52,53)38-4-6-42(7-5-38)62-28-37-17-35(26-59-45(37)56-57-47(59)48-19-30-12-31(20-48)14-32(13-30)21-48)34-16-36(27-61-43-10-8-41(60-2)9-11-43)44-54-55-46(58(44)25-34)49-22-33-15-39-18-40(24-49)50(39,23-33)29-49/h4-11,16-17,25-26,30-33,39-40H,3,12-15,18-24,27-29H2,1-2H3. The normalized spacial score (nSPS) is 34.5. The molecule has 2 aromatic carbocycles. The molecule has 8 aliphatic carbocycles. The topological polar surface area (TPSA) is 73.5 Å². The Hall–Kier alpha value is -4.13. The molecule has 0 N–H and O–H groups in total. The van der Waals surface area contributed by atoms with E-state index in [1.165, 1.54) is 111 Å². The second-order valence-electron chi connectivity index (χ2n) is 20.9. The van der Waals surface area contributed by atoms with Crippen LogP contribution in [-0.4, -0.2) is 42.7 Å². The molecule has 1 spiro atoms. The largest absolute Gasteiger partial charge is 0.497 e. The number of halogens is 3. The predicted molar refractivity (Wildman–Crippen MR) is 244 cm³/mol. The number of allylic oxidation sites excluding steroid dienone is 2. The summed E-state index contributed by atoms with van der Waals surface area (Å²) in [6.45, 7) is 2.19. The van der Waals surface area contributed by atoms with Crippen molar-refractivity contribution >= 4 is 41.7 Å². The molecule has 0 saturated heterocycles. The van der Waals surface area contributed by atoms with Gasteiger partial charge in [-0.1, -0.05) is 6.92 Å². The van der Waals surface area contributed by atoms with Gasteiger partial charge < -0.3 is 14.2 Å². The summed E-state index contributed by atoms with van der Waals surface area (Å²) in [7, 11) is 1.69. The van der Waals surface area contributed by atoms with Gasteiger partial charge >= 0.3 is 0 Å². The smallest absolute Gasteiger partial charge is 0.273 e. The molecule has 4 heterocycles. The van der Waals surface area contributed by atoms with Gasteiger partial charge in [0.15, 0.2) is 5.65 Å². The Labute approximate surface area is 372 Å². The lowest BCUT2D eigenvalue weighted by atomic mass is 9.49. The Bertz CT molecular complexity index is 2600. The molecular weight excluding hydrogens is 895 g/mol. The van der Waals surface area contributed by atoms with E-state index in [9.17, 15) is 8.78 Å². The van der Waals surface area contributed by atoms with Gasteiger partial charge in [0, 0.05) is 57.5 Å². The Morgan fingerprint density at radius 3 is 2.19 bits per heavy atom. The molecule has 0 amide bonds. The van der Waals surface area contributed by atoms with Crippen LogP contribution in [0.15, 0.2) is 81.8 Å². The summed E-state index contributed by atoms with van der Waals surface area (Å²) in [6.07, 6.45) is 22.6. The first-order chi connectivity index (χ1) is 30.1. The Balaban J connectivity index is 0.905. The summed E-state index contributed by atoms with van der Waals surface area (Å²) in [5.41, 5.74) is 5.87. The molecule has 7 bridgehead atoms. The number of alkyl halides is 2. The first-order valence-electron chi connectivity index (χ1n) is 23.2. The van der Waals surface area contributed by atoms with Crippen molar-refractivity contribution in [3.63, 3.8) is 0 Å². The number of benzene rings is 2. The fourth-order valence-corrected chi connectivity index (χ4v) is 17.7. The van der Waals surface area contributed by atoms with Crippen LogP contribution in [-0.2, 0) is 17.9 Å². The van der Waals surface area contributed by atoms with Gasteiger partial charge in [-0.05, 0) is 179 Å². The van der Waals surface area contributed by atoms with E-state index >= 15 is 0 Å². The van der Waals surface area contributed by atoms with Crippen LogP contribution in [0.1, 0.15) is 113 Å². The van der Waals surface area contributed by atoms with E-state index in [-0.39, 0.29) is 29.4 Å². The molecule has 10 aliphatic rings. The molecule has 0 radical (unpaired) electrons. The number of fused-ring (bicyclic) bond motifs is 4. The minimum Gasteiger partial charge on any atom is -0.497 e. The van der Waals surface area contributed by atoms with E-state index in [1.807, 2.05) is 24.3 Å². The highest BCUT2D eigenvalue weighted by molar-refractivity contribution is 14.2. The average molecular weight is 950 g/mol. The van der Waals surface area contributed by atoms with Gasteiger partial charge in [-0.2, -0.15) is 0 Å². The van der Waals surface area contributed by atoms with Crippen LogP contribution in [0.3, 0.4) is 0 Å². The van der Waals surface area contributed by atoms with Crippen LogP contribution < -0.4 is 14.2 Å². The van der Waals surface area contributed by atoms with E-state index < -0.39 is 26.9 Å². The number of nitrogens with zero attached hydrogens (tertiary/aromatic N) is 5. The van der Waals surface area contributed by atoms with Gasteiger partial charge in [0.25, 0.3) is 5.92 Å². The van der Waals surface area contributed by atoms with Crippen molar-refractivity contribution in [1.29, 1.82) is 0 Å². The van der Waals surface area contributed by atoms with E-state index in [0.717, 1.165) is 75.2 Å². The van der Waals surface area contributed by atoms with Gasteiger partial charge in [-0.25, -0.2) is 12.0 Å². The van der Waals surface area contributed by atoms with Crippen molar-refractivity contribution in [3.05, 3.63) is 101 Å². The third kappa shape index (κ3) is 5.76. The number of ether oxygens (including phenoxy) is 3. The average Bonchev–Trinajstić information content (AvgIpc) is 4.01. The number of hydrogen-bond acceptors (Lipinski definition) is 7. The zero-order chi connectivity index (χ0) is 41.6. The molecule has 2 aromatic heterocycles. The Kier molecular flexibility index (Phi) is 8.47. The molecule has 322 valence electrons. The van der Waals surface area contributed by atoms with E-state index in [0.29, 0.717) is 17.8 Å². The molecule has 5 unspecified atom stereocenters. The van der Waals surface area contributed by atoms with Crippen molar-refractivity contribution in [2.45, 2.75) is 108 Å². The lowest BCUT2D eigenvalue weighted by molar-refractivity contribution is -0.00989. The summed E-state index contributed by atoms with van der Waals surface area (Å²) in [6, 6.07) is 16.4. The molecule has 14 rings (SSSR count). The summed E-state index contributed by atoms with van der Waals surface area (Å²) in [4.78, 5) is 2.54. The van der Waals surface area contributed by atoms with Crippen LogP contribution in [0.4, 0.5) is 8.78 Å². The zero-order valence-corrected chi connectivity index (χ0v) is 37.8. The third-order valence-electron chi connectivity index (χ3n) is 17.4. The highest BCUT2D eigenvalue weighted by atomic mass is 127. The van der Waals surface area contributed by atoms with E-state index in [2.05, 4.69) is 33.8 Å². The maximum atomic E-state index is 14.5. The third-order valence-corrected chi connectivity index (χ3v) is 19.8. The van der Waals surface area contributed by atoms with Crippen molar-refractivity contribution in [3.8, 4) is 17.2 Å². The maximum Gasteiger partial charge on any atom is 0.273 e. The van der Waals surface area contributed by atoms with Crippen LogP contribution in [0, 0.1) is 46.3 Å². The molecule has 5 atom stereocenters. The molecule has 4 aromatic rings. The molecule has 2 aliphatic heterocycles. The number of amidine groups is 1. The van der Waals surface area contributed by atoms with Gasteiger partial charge in [0.2, 0.25) is 0 Å². The molecule has 8 fully saturated rings. The minimum atomic E-state index is -2.87. The molecular formula is C51H54F2IN5O3. The molecule has 11 heteroatoms.